The van der Waals surface area contributed by atoms with Crippen molar-refractivity contribution in [2.45, 2.75) is 26.3 Å². The average molecular weight is 454 g/mol. The Kier molecular flexibility index (Phi) is 3.01. The van der Waals surface area contributed by atoms with Crippen LogP contribution >= 0.6 is 69.6 Å². The van der Waals surface area contributed by atoms with Crippen LogP contribution in [0.4, 0.5) is 0 Å². The van der Waals surface area contributed by atoms with Gasteiger partial charge in [0.15, 0.2) is 4.33 Å². The summed E-state index contributed by atoms with van der Waals surface area (Å²) < 4.78 is 4.15. The van der Waals surface area contributed by atoms with Gasteiger partial charge in [0, 0.05) is 11.8 Å². The predicted octanol–water partition coefficient (Wildman–Crippen LogP) is 2.84. The van der Waals surface area contributed by atoms with E-state index in [0.29, 0.717) is 0 Å². The van der Waals surface area contributed by atoms with Gasteiger partial charge in [-0.3, -0.25) is 14.8 Å². The van der Waals surface area contributed by atoms with Gasteiger partial charge in [0.1, 0.15) is 9.75 Å². The van der Waals surface area contributed by atoms with Gasteiger partial charge >= 0.3 is 0 Å². The molecule has 3 aliphatic heterocycles. The molecule has 0 aromatic carbocycles. The van der Waals surface area contributed by atoms with E-state index in [1.807, 2.05) is 0 Å². The first kappa shape index (κ1) is 16.7. The summed E-state index contributed by atoms with van der Waals surface area (Å²) in [5.74, 6) is -4.42. The van der Waals surface area contributed by atoms with Crippen LogP contribution < -0.4 is 0 Å². The largest absolute Gasteiger partial charge is 0.373 e. The fourth-order valence-electron chi connectivity index (χ4n) is 5.28. The van der Waals surface area contributed by atoms with Gasteiger partial charge in [-0.25, -0.2) is 0 Å². The van der Waals surface area contributed by atoms with Crippen LogP contribution in [0.15, 0.2) is 10.1 Å². The highest BCUT2D eigenvalue weighted by Gasteiger charge is 2.89. The van der Waals surface area contributed by atoms with E-state index >= 15 is 0 Å². The van der Waals surface area contributed by atoms with Crippen LogP contribution in [0.2, 0.25) is 0 Å². The number of hydrogen-bond donors (Lipinski definition) is 1. The highest BCUT2D eigenvalue weighted by Crippen LogP contribution is 2.81. The number of allylic oxidation sites excluding steroid dienone is 2. The molecule has 3 heterocycles. The molecule has 0 aromatic heterocycles. The number of halogens is 6. The minimum Gasteiger partial charge on any atom is -0.373 e. The maximum Gasteiger partial charge on any atom is 0.259 e. The number of carbonyl (C=O) groups is 2. The minimum absolute atomic E-state index is 0.0254. The van der Waals surface area contributed by atoms with E-state index in [1.165, 1.54) is 0 Å². The summed E-state index contributed by atoms with van der Waals surface area (Å²) in [4.78, 5) is 21.4. The first-order valence-electron chi connectivity index (χ1n) is 7.07. The van der Waals surface area contributed by atoms with Crippen molar-refractivity contribution in [2.24, 2.45) is 23.7 Å². The van der Waals surface area contributed by atoms with Crippen LogP contribution in [0.1, 0.15) is 0 Å². The SMILES string of the molecule is O=C1[C@@H]2[C@H]3O[C@H]([C@@H]2C(=O)N1O)[C@@H]1[C@@H]3[C@]2(Cl)C(Cl)=C(Cl)[C@]1(Cl)C2(Cl)Cl. The molecule has 4 bridgehead atoms. The van der Waals surface area contributed by atoms with E-state index in [0.717, 1.165) is 0 Å². The lowest BCUT2D eigenvalue weighted by Gasteiger charge is -2.39. The molecule has 0 radical (unpaired) electrons. The molecule has 0 aromatic rings. The Morgan fingerprint density at radius 2 is 1.25 bits per heavy atom. The van der Waals surface area contributed by atoms with Gasteiger partial charge < -0.3 is 4.74 Å². The molecule has 1 saturated carbocycles. The number of ether oxygens (including phenoxy) is 1. The standard InChI is InChI=1S/C13H7Cl6NO4/c14-7-8(15)12(17)4-3(11(7,16)13(12,18)19)5-1-2(6(4)24-5)10(22)20(23)9(1)21/h1-6,23H/t1-,2+,3-,4-,5+,6+,11-,12-/m0/s1. The van der Waals surface area contributed by atoms with Crippen molar-refractivity contribution in [1.82, 2.24) is 5.06 Å². The molecule has 8 atom stereocenters. The number of fused-ring (bicyclic) bond motifs is 12. The zero-order valence-corrected chi connectivity index (χ0v) is 15.9. The van der Waals surface area contributed by atoms with E-state index in [4.69, 9.17) is 74.3 Å². The summed E-state index contributed by atoms with van der Waals surface area (Å²) in [5.41, 5.74) is 0. The van der Waals surface area contributed by atoms with Crippen molar-refractivity contribution < 1.29 is 19.5 Å². The third kappa shape index (κ3) is 1.28. The van der Waals surface area contributed by atoms with Crippen molar-refractivity contribution in [3.63, 3.8) is 0 Å². The monoisotopic (exact) mass is 451 g/mol. The Balaban J connectivity index is 1.73. The molecule has 4 fully saturated rings. The lowest BCUT2D eigenvalue weighted by molar-refractivity contribution is -0.176. The van der Waals surface area contributed by atoms with Crippen LogP contribution in [-0.2, 0) is 14.3 Å². The first-order valence-corrected chi connectivity index (χ1v) is 9.33. The molecule has 3 saturated heterocycles. The quantitative estimate of drug-likeness (QED) is 0.348. The molecule has 130 valence electrons. The molecule has 2 amide bonds. The van der Waals surface area contributed by atoms with E-state index in [1.54, 1.807) is 0 Å². The zero-order valence-electron chi connectivity index (χ0n) is 11.4. The second kappa shape index (κ2) is 4.33. The van der Waals surface area contributed by atoms with Gasteiger partial charge in [0.05, 0.1) is 34.1 Å². The molecule has 0 spiro atoms. The van der Waals surface area contributed by atoms with Crippen LogP contribution in [0, 0.1) is 23.7 Å². The van der Waals surface area contributed by atoms with Crippen molar-refractivity contribution in [3.8, 4) is 0 Å². The average Bonchev–Trinajstić information content (AvgIpc) is 3.21. The maximum atomic E-state index is 12.2. The molecule has 5 rings (SSSR count). The first-order chi connectivity index (χ1) is 11.0. The predicted molar refractivity (Wildman–Crippen MR) is 86.6 cm³/mol. The normalized spacial score (nSPS) is 56.5. The Bertz CT molecular complexity index is 714. The summed E-state index contributed by atoms with van der Waals surface area (Å²) >= 11 is 39.2. The summed E-state index contributed by atoms with van der Waals surface area (Å²) in [6.45, 7) is 0. The number of rotatable bonds is 0. The summed E-state index contributed by atoms with van der Waals surface area (Å²) in [6.07, 6.45) is -1.57. The van der Waals surface area contributed by atoms with Gasteiger partial charge in [-0.15, -0.1) is 23.2 Å². The molecule has 0 unspecified atom stereocenters. The number of nitrogens with zero attached hydrogens (tertiary/aromatic N) is 1. The second-order valence-corrected chi connectivity index (χ2v) is 10.1. The van der Waals surface area contributed by atoms with E-state index in [9.17, 15) is 14.8 Å². The summed E-state index contributed by atoms with van der Waals surface area (Å²) in [7, 11) is 0. The van der Waals surface area contributed by atoms with Crippen LogP contribution in [-0.4, -0.2) is 48.4 Å². The molecular formula is C13H7Cl6NO4. The Morgan fingerprint density at radius 3 is 1.62 bits per heavy atom. The minimum atomic E-state index is -1.74. The molecule has 5 nitrogen and oxygen atoms in total. The number of amides is 2. The summed E-state index contributed by atoms with van der Waals surface area (Å²) in [6, 6.07) is 0. The second-order valence-electron chi connectivity index (χ2n) is 6.78. The van der Waals surface area contributed by atoms with Crippen molar-refractivity contribution >= 4 is 81.4 Å². The lowest BCUT2D eigenvalue weighted by atomic mass is 9.65. The fourth-order valence-corrected chi connectivity index (χ4v) is 8.34. The Morgan fingerprint density at radius 1 is 0.875 bits per heavy atom. The van der Waals surface area contributed by atoms with E-state index in [-0.39, 0.29) is 15.1 Å². The van der Waals surface area contributed by atoms with Crippen LogP contribution in [0.5, 0.6) is 0 Å². The molecule has 24 heavy (non-hydrogen) atoms. The number of hydrogen-bond acceptors (Lipinski definition) is 4. The van der Waals surface area contributed by atoms with Crippen molar-refractivity contribution in [1.29, 1.82) is 0 Å². The lowest BCUT2D eigenvalue weighted by Crippen LogP contribution is -2.50. The maximum absolute atomic E-state index is 12.2. The van der Waals surface area contributed by atoms with Gasteiger partial charge in [-0.1, -0.05) is 46.4 Å². The molecule has 1 N–H and O–H groups in total. The number of carbonyl (C=O) groups excluding carboxylic acids is 2. The fraction of sp³-hybridized carbons (Fsp3) is 0.692. The highest BCUT2D eigenvalue weighted by atomic mass is 35.5. The molecule has 5 aliphatic rings. The van der Waals surface area contributed by atoms with Crippen molar-refractivity contribution in [3.05, 3.63) is 10.1 Å². The third-order valence-corrected chi connectivity index (χ3v) is 10.4. The summed E-state index contributed by atoms with van der Waals surface area (Å²) in [5, 5.41) is 9.86. The topological polar surface area (TPSA) is 66.8 Å². The highest BCUT2D eigenvalue weighted by molar-refractivity contribution is 6.65. The zero-order chi connectivity index (χ0) is 17.6. The number of alkyl halides is 4. The number of hydroxylamine groups is 2. The van der Waals surface area contributed by atoms with Crippen LogP contribution in [0.3, 0.4) is 0 Å². The Hall–Kier alpha value is 0.540. The van der Waals surface area contributed by atoms with Gasteiger partial charge in [0.2, 0.25) is 0 Å². The van der Waals surface area contributed by atoms with Crippen molar-refractivity contribution in [2.75, 3.05) is 0 Å². The van der Waals surface area contributed by atoms with E-state index < -0.39 is 61.8 Å². The van der Waals surface area contributed by atoms with Crippen LogP contribution in [0.25, 0.3) is 0 Å². The smallest absolute Gasteiger partial charge is 0.259 e. The Labute approximate surface area is 165 Å². The van der Waals surface area contributed by atoms with Gasteiger partial charge in [0.25, 0.3) is 11.8 Å². The van der Waals surface area contributed by atoms with Gasteiger partial charge in [-0.2, -0.15) is 5.06 Å². The molecule has 2 aliphatic carbocycles. The molecule has 11 heteroatoms. The van der Waals surface area contributed by atoms with E-state index in [2.05, 4.69) is 0 Å². The third-order valence-electron chi connectivity index (χ3n) is 6.16. The van der Waals surface area contributed by atoms with Gasteiger partial charge in [-0.05, 0) is 0 Å². The molecular weight excluding hydrogens is 447 g/mol. The number of imide groups is 1.